The van der Waals surface area contributed by atoms with Crippen LogP contribution in [-0.2, 0) is 0 Å². The summed E-state index contributed by atoms with van der Waals surface area (Å²) in [4.78, 5) is 21.1. The first-order chi connectivity index (χ1) is 9.70. The number of hydrogen-bond donors (Lipinski definition) is 0. The van der Waals surface area contributed by atoms with E-state index >= 15 is 0 Å². The maximum Gasteiger partial charge on any atom is 0.311 e. The van der Waals surface area contributed by atoms with Crippen LogP contribution in [0.4, 0.5) is 5.69 Å². The zero-order valence-corrected chi connectivity index (χ0v) is 11.4. The predicted molar refractivity (Wildman–Crippen MR) is 75.2 cm³/mol. The average molecular weight is 277 g/mol. The molecular formula is C15H19NO4. The van der Waals surface area contributed by atoms with Crippen molar-refractivity contribution in [3.8, 4) is 5.75 Å². The van der Waals surface area contributed by atoms with E-state index in [2.05, 4.69) is 0 Å². The zero-order chi connectivity index (χ0) is 14.4. The van der Waals surface area contributed by atoms with Crippen LogP contribution in [0.15, 0.2) is 18.2 Å². The molecule has 1 aliphatic carbocycles. The number of hydrogen-bond acceptors (Lipinski definition) is 4. The van der Waals surface area contributed by atoms with E-state index in [1.165, 1.54) is 50.3 Å². The van der Waals surface area contributed by atoms with Gasteiger partial charge in [0.05, 0.1) is 11.5 Å². The molecule has 0 amide bonds. The van der Waals surface area contributed by atoms with Crippen molar-refractivity contribution in [2.75, 3.05) is 6.61 Å². The minimum Gasteiger partial charge on any atom is -0.487 e. The van der Waals surface area contributed by atoms with Crippen LogP contribution in [0.3, 0.4) is 0 Å². The first-order valence-corrected chi connectivity index (χ1v) is 7.07. The lowest BCUT2D eigenvalue weighted by atomic mass is 9.87. The molecule has 20 heavy (non-hydrogen) atoms. The van der Waals surface area contributed by atoms with Crippen molar-refractivity contribution in [2.45, 2.75) is 38.5 Å². The van der Waals surface area contributed by atoms with Gasteiger partial charge in [-0.1, -0.05) is 32.1 Å². The van der Waals surface area contributed by atoms with Gasteiger partial charge in [-0.2, -0.15) is 0 Å². The molecule has 0 radical (unpaired) electrons. The highest BCUT2D eigenvalue weighted by atomic mass is 16.6. The summed E-state index contributed by atoms with van der Waals surface area (Å²) in [6, 6.07) is 4.29. The van der Waals surface area contributed by atoms with Gasteiger partial charge in [-0.25, -0.2) is 0 Å². The molecule has 0 aromatic heterocycles. The fourth-order valence-electron chi connectivity index (χ4n) is 2.68. The molecule has 0 unspecified atom stereocenters. The SMILES string of the molecule is O=Cc1ccc(OCCC2CCCCC2)c([N+](=O)[O-])c1. The number of nitro groups is 1. The second-order valence-electron chi connectivity index (χ2n) is 5.24. The summed E-state index contributed by atoms with van der Waals surface area (Å²) in [5.74, 6) is 0.925. The third-order valence-corrected chi connectivity index (χ3v) is 3.82. The van der Waals surface area contributed by atoms with Crippen LogP contribution in [0.25, 0.3) is 0 Å². The molecule has 1 fully saturated rings. The van der Waals surface area contributed by atoms with Crippen LogP contribution in [-0.4, -0.2) is 17.8 Å². The normalized spacial score (nSPS) is 15.8. The largest absolute Gasteiger partial charge is 0.487 e. The van der Waals surface area contributed by atoms with Crippen molar-refractivity contribution in [1.29, 1.82) is 0 Å². The molecule has 5 heteroatoms. The molecule has 1 saturated carbocycles. The van der Waals surface area contributed by atoms with Crippen molar-refractivity contribution >= 4 is 12.0 Å². The average Bonchev–Trinajstić information content (AvgIpc) is 2.48. The predicted octanol–water partition coefficient (Wildman–Crippen LogP) is 3.76. The number of rotatable bonds is 6. The van der Waals surface area contributed by atoms with Gasteiger partial charge in [0, 0.05) is 11.6 Å². The number of aldehydes is 1. The summed E-state index contributed by atoms with van der Waals surface area (Å²) in [5, 5.41) is 11.0. The Morgan fingerprint density at radius 3 is 2.70 bits per heavy atom. The van der Waals surface area contributed by atoms with Gasteiger partial charge in [-0.05, 0) is 24.5 Å². The van der Waals surface area contributed by atoms with Crippen LogP contribution in [0.5, 0.6) is 5.75 Å². The fraction of sp³-hybridized carbons (Fsp3) is 0.533. The Kier molecular flexibility index (Phi) is 5.09. The molecular weight excluding hydrogens is 258 g/mol. The van der Waals surface area contributed by atoms with Crippen LogP contribution in [0.2, 0.25) is 0 Å². The van der Waals surface area contributed by atoms with Gasteiger partial charge in [0.25, 0.3) is 0 Å². The van der Waals surface area contributed by atoms with Crippen LogP contribution in [0.1, 0.15) is 48.9 Å². The van der Waals surface area contributed by atoms with E-state index in [-0.39, 0.29) is 17.0 Å². The van der Waals surface area contributed by atoms with Gasteiger partial charge >= 0.3 is 5.69 Å². The third-order valence-electron chi connectivity index (χ3n) is 3.82. The molecule has 0 spiro atoms. The zero-order valence-electron chi connectivity index (χ0n) is 11.4. The lowest BCUT2D eigenvalue weighted by molar-refractivity contribution is -0.385. The third kappa shape index (κ3) is 3.79. The number of benzene rings is 1. The molecule has 0 aliphatic heterocycles. The van der Waals surface area contributed by atoms with E-state index in [1.54, 1.807) is 0 Å². The molecule has 0 N–H and O–H groups in total. The van der Waals surface area contributed by atoms with Crippen LogP contribution >= 0.6 is 0 Å². The van der Waals surface area contributed by atoms with Crippen LogP contribution in [0, 0.1) is 16.0 Å². The first-order valence-electron chi connectivity index (χ1n) is 7.07. The van der Waals surface area contributed by atoms with Crippen molar-refractivity contribution in [3.05, 3.63) is 33.9 Å². The highest BCUT2D eigenvalue weighted by molar-refractivity contribution is 5.77. The monoisotopic (exact) mass is 277 g/mol. The summed E-state index contributed by atoms with van der Waals surface area (Å²) in [6.07, 6.45) is 7.87. The first kappa shape index (κ1) is 14.5. The summed E-state index contributed by atoms with van der Waals surface area (Å²) in [6.45, 7) is 0.492. The van der Waals surface area contributed by atoms with Crippen LogP contribution < -0.4 is 4.74 Å². The highest BCUT2D eigenvalue weighted by Crippen LogP contribution is 2.29. The van der Waals surface area contributed by atoms with E-state index in [0.29, 0.717) is 18.8 Å². The Morgan fingerprint density at radius 1 is 1.30 bits per heavy atom. The van der Waals surface area contributed by atoms with Gasteiger partial charge in [0.2, 0.25) is 0 Å². The van der Waals surface area contributed by atoms with Gasteiger partial charge in [0.1, 0.15) is 6.29 Å². The number of nitro benzene ring substituents is 1. The molecule has 0 heterocycles. The number of nitrogens with zero attached hydrogens (tertiary/aromatic N) is 1. The van der Waals surface area contributed by atoms with Gasteiger partial charge in [0.15, 0.2) is 5.75 Å². The lowest BCUT2D eigenvalue weighted by Gasteiger charge is -2.21. The van der Waals surface area contributed by atoms with E-state index in [4.69, 9.17) is 4.74 Å². The second-order valence-corrected chi connectivity index (χ2v) is 5.24. The fourth-order valence-corrected chi connectivity index (χ4v) is 2.68. The molecule has 1 aromatic rings. The molecule has 0 saturated heterocycles. The lowest BCUT2D eigenvalue weighted by Crippen LogP contribution is -2.11. The Balaban J connectivity index is 1.94. The maximum atomic E-state index is 11.0. The minimum atomic E-state index is -0.511. The Bertz CT molecular complexity index is 481. The molecule has 1 aromatic carbocycles. The molecule has 2 rings (SSSR count). The molecule has 0 bridgehead atoms. The van der Waals surface area contributed by atoms with Crippen molar-refractivity contribution < 1.29 is 14.5 Å². The van der Waals surface area contributed by atoms with Crippen molar-refractivity contribution in [3.63, 3.8) is 0 Å². The number of carbonyl (C=O) groups excluding carboxylic acids is 1. The van der Waals surface area contributed by atoms with E-state index in [1.807, 2.05) is 0 Å². The smallest absolute Gasteiger partial charge is 0.311 e. The Morgan fingerprint density at radius 2 is 2.05 bits per heavy atom. The van der Waals surface area contributed by atoms with Crippen molar-refractivity contribution in [2.24, 2.45) is 5.92 Å². The number of ether oxygens (including phenoxy) is 1. The Labute approximate surface area is 118 Å². The summed E-state index contributed by atoms with van der Waals surface area (Å²) in [7, 11) is 0. The summed E-state index contributed by atoms with van der Waals surface area (Å²) in [5.41, 5.74) is 0.148. The summed E-state index contributed by atoms with van der Waals surface area (Å²) >= 11 is 0. The Hall–Kier alpha value is -1.91. The maximum absolute atomic E-state index is 11.0. The molecule has 5 nitrogen and oxygen atoms in total. The molecule has 0 atom stereocenters. The van der Waals surface area contributed by atoms with Crippen molar-refractivity contribution in [1.82, 2.24) is 0 Å². The highest BCUT2D eigenvalue weighted by Gasteiger charge is 2.17. The number of carbonyl (C=O) groups is 1. The van der Waals surface area contributed by atoms with Gasteiger partial charge < -0.3 is 4.74 Å². The van der Waals surface area contributed by atoms with E-state index in [9.17, 15) is 14.9 Å². The van der Waals surface area contributed by atoms with E-state index in [0.717, 1.165) is 6.42 Å². The van der Waals surface area contributed by atoms with Gasteiger partial charge in [-0.15, -0.1) is 0 Å². The standard InChI is InChI=1S/C15H19NO4/c17-11-13-6-7-15(14(10-13)16(18)19)20-9-8-12-4-2-1-3-5-12/h6-7,10-12H,1-5,8-9H2. The van der Waals surface area contributed by atoms with Gasteiger partial charge in [-0.3, -0.25) is 14.9 Å². The van der Waals surface area contributed by atoms with E-state index < -0.39 is 4.92 Å². The molecule has 108 valence electrons. The second kappa shape index (κ2) is 7.03. The topological polar surface area (TPSA) is 69.4 Å². The minimum absolute atomic E-state index is 0.141. The molecule has 1 aliphatic rings. The quantitative estimate of drug-likeness (QED) is 0.451. The summed E-state index contributed by atoms with van der Waals surface area (Å²) < 4.78 is 5.54.